The van der Waals surface area contributed by atoms with Crippen LogP contribution in [0.5, 0.6) is 0 Å². The highest BCUT2D eigenvalue weighted by atomic mass is 127. The number of halogens is 1. The SMILES string of the molecule is CN=C(NCc1ccccc1Cn1cccn1)NCc1ccccc1N1CCOCC1.I. The molecular formula is C24H31IN6O. The first kappa shape index (κ1) is 24.1. The lowest BCUT2D eigenvalue weighted by Crippen LogP contribution is -2.39. The van der Waals surface area contributed by atoms with E-state index in [9.17, 15) is 0 Å². The third kappa shape index (κ3) is 6.46. The highest BCUT2D eigenvalue weighted by Crippen LogP contribution is 2.21. The topological polar surface area (TPSA) is 66.7 Å². The zero-order chi connectivity index (χ0) is 21.3. The second-order valence-electron chi connectivity index (χ2n) is 7.48. The number of morpholine rings is 1. The molecule has 170 valence electrons. The predicted molar refractivity (Wildman–Crippen MR) is 140 cm³/mol. The van der Waals surface area contributed by atoms with Gasteiger partial charge >= 0.3 is 0 Å². The van der Waals surface area contributed by atoms with Crippen LogP contribution < -0.4 is 15.5 Å². The molecule has 7 nitrogen and oxygen atoms in total. The average molecular weight is 546 g/mol. The zero-order valence-electron chi connectivity index (χ0n) is 18.4. The fourth-order valence-electron chi connectivity index (χ4n) is 3.80. The van der Waals surface area contributed by atoms with E-state index in [4.69, 9.17) is 4.74 Å². The molecule has 0 spiro atoms. The van der Waals surface area contributed by atoms with Crippen molar-refractivity contribution in [3.8, 4) is 0 Å². The number of aliphatic imine (C=N–C) groups is 1. The Bertz CT molecular complexity index is 986. The van der Waals surface area contributed by atoms with Crippen molar-refractivity contribution in [2.45, 2.75) is 19.6 Å². The monoisotopic (exact) mass is 546 g/mol. The number of ether oxygens (including phenoxy) is 1. The van der Waals surface area contributed by atoms with Crippen molar-refractivity contribution in [2.75, 3.05) is 38.3 Å². The van der Waals surface area contributed by atoms with Crippen LogP contribution in [0.2, 0.25) is 0 Å². The number of nitrogens with one attached hydrogen (secondary N) is 2. The van der Waals surface area contributed by atoms with Crippen molar-refractivity contribution < 1.29 is 4.74 Å². The van der Waals surface area contributed by atoms with E-state index in [2.05, 4.69) is 74.2 Å². The van der Waals surface area contributed by atoms with E-state index in [0.29, 0.717) is 13.1 Å². The van der Waals surface area contributed by atoms with Gasteiger partial charge in [-0.2, -0.15) is 5.10 Å². The van der Waals surface area contributed by atoms with Gasteiger partial charge in [0.1, 0.15) is 0 Å². The summed E-state index contributed by atoms with van der Waals surface area (Å²) in [5.74, 6) is 0.783. The van der Waals surface area contributed by atoms with Gasteiger partial charge in [0, 0.05) is 51.3 Å². The Kier molecular flexibility index (Phi) is 9.36. The number of hydrogen-bond acceptors (Lipinski definition) is 4. The van der Waals surface area contributed by atoms with Crippen LogP contribution in [-0.2, 0) is 24.4 Å². The van der Waals surface area contributed by atoms with Crippen LogP contribution in [0.3, 0.4) is 0 Å². The highest BCUT2D eigenvalue weighted by Gasteiger charge is 2.14. The molecule has 0 unspecified atom stereocenters. The molecule has 8 heteroatoms. The summed E-state index contributed by atoms with van der Waals surface area (Å²) in [7, 11) is 1.80. The molecule has 0 bridgehead atoms. The van der Waals surface area contributed by atoms with Gasteiger partial charge in [-0.25, -0.2) is 0 Å². The molecule has 4 rings (SSSR count). The van der Waals surface area contributed by atoms with Gasteiger partial charge in [-0.15, -0.1) is 24.0 Å². The fourth-order valence-corrected chi connectivity index (χ4v) is 3.80. The standard InChI is InChI=1S/C24H30N6O.HI/c1-25-24(26-17-20-7-2-3-9-22(20)19-30-12-6-11-28-30)27-18-21-8-4-5-10-23(21)29-13-15-31-16-14-29;/h2-12H,13-19H2,1H3,(H2,25,26,27);1H. The number of anilines is 1. The fraction of sp³-hybridized carbons (Fsp3) is 0.333. The number of hydrogen-bond donors (Lipinski definition) is 2. The van der Waals surface area contributed by atoms with E-state index >= 15 is 0 Å². The lowest BCUT2D eigenvalue weighted by molar-refractivity contribution is 0.122. The summed E-state index contributed by atoms with van der Waals surface area (Å²) in [5, 5.41) is 11.2. The van der Waals surface area contributed by atoms with Crippen LogP contribution in [0, 0.1) is 0 Å². The second-order valence-corrected chi connectivity index (χ2v) is 7.48. The molecule has 0 amide bonds. The Morgan fingerprint density at radius 1 is 0.938 bits per heavy atom. The van der Waals surface area contributed by atoms with Crippen LogP contribution in [0.1, 0.15) is 16.7 Å². The number of guanidine groups is 1. The molecule has 2 N–H and O–H groups in total. The Morgan fingerprint density at radius 3 is 2.28 bits per heavy atom. The van der Waals surface area contributed by atoms with Crippen LogP contribution in [0.4, 0.5) is 5.69 Å². The first-order valence-corrected chi connectivity index (χ1v) is 10.7. The van der Waals surface area contributed by atoms with Crippen LogP contribution in [0.25, 0.3) is 0 Å². The van der Waals surface area contributed by atoms with Crippen molar-refractivity contribution in [3.05, 3.63) is 83.7 Å². The van der Waals surface area contributed by atoms with E-state index in [1.54, 1.807) is 13.2 Å². The summed E-state index contributed by atoms with van der Waals surface area (Å²) in [6.45, 7) is 5.58. The van der Waals surface area contributed by atoms with Gasteiger partial charge in [0.25, 0.3) is 0 Å². The molecule has 1 aliphatic heterocycles. The summed E-state index contributed by atoms with van der Waals surface area (Å²) in [4.78, 5) is 6.80. The molecule has 3 aromatic rings. The molecule has 2 aromatic carbocycles. The second kappa shape index (κ2) is 12.4. The Hall–Kier alpha value is -2.59. The molecular weight excluding hydrogens is 515 g/mol. The lowest BCUT2D eigenvalue weighted by Gasteiger charge is -2.30. The van der Waals surface area contributed by atoms with Crippen LogP contribution in [0.15, 0.2) is 72.0 Å². The number of rotatable bonds is 7. The molecule has 0 saturated carbocycles. The van der Waals surface area contributed by atoms with Gasteiger partial charge in [-0.1, -0.05) is 42.5 Å². The minimum atomic E-state index is 0. The highest BCUT2D eigenvalue weighted by molar-refractivity contribution is 14.0. The van der Waals surface area contributed by atoms with E-state index in [0.717, 1.165) is 38.8 Å². The van der Waals surface area contributed by atoms with Crippen LogP contribution >= 0.6 is 24.0 Å². The van der Waals surface area contributed by atoms with Crippen molar-refractivity contribution in [2.24, 2.45) is 4.99 Å². The molecule has 2 heterocycles. The average Bonchev–Trinajstić information content (AvgIpc) is 3.34. The van der Waals surface area contributed by atoms with E-state index < -0.39 is 0 Å². The number of benzene rings is 2. The molecule has 32 heavy (non-hydrogen) atoms. The normalized spacial score (nSPS) is 14.0. The largest absolute Gasteiger partial charge is 0.378 e. The minimum absolute atomic E-state index is 0. The summed E-state index contributed by atoms with van der Waals surface area (Å²) in [5.41, 5.74) is 4.99. The smallest absolute Gasteiger partial charge is 0.191 e. The first-order chi connectivity index (χ1) is 15.3. The molecule has 1 fully saturated rings. The molecule has 0 atom stereocenters. The zero-order valence-corrected chi connectivity index (χ0v) is 20.7. The van der Waals surface area contributed by atoms with E-state index in [-0.39, 0.29) is 24.0 Å². The molecule has 1 saturated heterocycles. The quantitative estimate of drug-likeness (QED) is 0.271. The Morgan fingerprint density at radius 2 is 1.59 bits per heavy atom. The third-order valence-corrected chi connectivity index (χ3v) is 5.47. The van der Waals surface area contributed by atoms with Crippen molar-refractivity contribution in [1.29, 1.82) is 0 Å². The van der Waals surface area contributed by atoms with Crippen molar-refractivity contribution >= 4 is 35.6 Å². The summed E-state index contributed by atoms with van der Waals surface area (Å²) in [6, 6.07) is 18.9. The maximum Gasteiger partial charge on any atom is 0.191 e. The van der Waals surface area contributed by atoms with Crippen LogP contribution in [-0.4, -0.2) is 49.1 Å². The number of aromatic nitrogens is 2. The third-order valence-electron chi connectivity index (χ3n) is 5.47. The number of nitrogens with zero attached hydrogens (tertiary/aromatic N) is 4. The maximum atomic E-state index is 5.50. The van der Waals surface area contributed by atoms with Gasteiger partial charge in [0.2, 0.25) is 0 Å². The molecule has 1 aromatic heterocycles. The van der Waals surface area contributed by atoms with Crippen molar-refractivity contribution in [1.82, 2.24) is 20.4 Å². The van der Waals surface area contributed by atoms with Gasteiger partial charge in [0.05, 0.1) is 19.8 Å². The summed E-state index contributed by atoms with van der Waals surface area (Å²) in [6.07, 6.45) is 3.79. The predicted octanol–water partition coefficient (Wildman–Crippen LogP) is 3.25. The Balaban J connectivity index is 0.00000289. The molecule has 0 radical (unpaired) electrons. The van der Waals surface area contributed by atoms with Gasteiger partial charge in [-0.05, 0) is 28.8 Å². The van der Waals surface area contributed by atoms with Gasteiger partial charge in [-0.3, -0.25) is 9.67 Å². The summed E-state index contributed by atoms with van der Waals surface area (Å²) < 4.78 is 7.44. The maximum absolute atomic E-state index is 5.50. The van der Waals surface area contributed by atoms with Gasteiger partial charge in [0.15, 0.2) is 5.96 Å². The molecule has 0 aliphatic carbocycles. The van der Waals surface area contributed by atoms with E-state index in [1.807, 2.05) is 16.9 Å². The van der Waals surface area contributed by atoms with Crippen molar-refractivity contribution in [3.63, 3.8) is 0 Å². The minimum Gasteiger partial charge on any atom is -0.378 e. The lowest BCUT2D eigenvalue weighted by atomic mass is 10.1. The summed E-state index contributed by atoms with van der Waals surface area (Å²) >= 11 is 0. The number of para-hydroxylation sites is 1. The van der Waals surface area contributed by atoms with E-state index in [1.165, 1.54) is 22.4 Å². The Labute approximate surface area is 206 Å². The molecule has 1 aliphatic rings. The van der Waals surface area contributed by atoms with Gasteiger partial charge < -0.3 is 20.3 Å². The first-order valence-electron chi connectivity index (χ1n) is 10.7.